The van der Waals surface area contributed by atoms with Crippen molar-refractivity contribution < 1.29 is 13.9 Å². The molecule has 6 heteroatoms. The summed E-state index contributed by atoms with van der Waals surface area (Å²) in [6.07, 6.45) is 0.723. The molecule has 0 bridgehead atoms. The zero-order valence-corrected chi connectivity index (χ0v) is 15.9. The monoisotopic (exact) mass is 379 g/mol. The van der Waals surface area contributed by atoms with Gasteiger partial charge in [-0.25, -0.2) is 9.37 Å². The van der Waals surface area contributed by atoms with Crippen LogP contribution in [-0.2, 0) is 11.3 Å². The molecular weight excluding hydrogens is 357 g/mol. The number of nitrogens with one attached hydrogen (secondary N) is 1. The van der Waals surface area contributed by atoms with Gasteiger partial charge in [-0.3, -0.25) is 4.79 Å². The number of benzene rings is 2. The third kappa shape index (κ3) is 3.63. The molecule has 4 rings (SSSR count). The van der Waals surface area contributed by atoms with Gasteiger partial charge in [-0.15, -0.1) is 0 Å². The summed E-state index contributed by atoms with van der Waals surface area (Å²) < 4.78 is 19.1. The maximum Gasteiger partial charge on any atom is 0.219 e. The van der Waals surface area contributed by atoms with E-state index in [0.717, 1.165) is 40.0 Å². The number of fused-ring (bicyclic) bond motifs is 2. The standard InChI is InChI=1S/C22H22FN3O2/c1-14(27)26-10-9-21(19-6-4-17(23)11-16(19)13-26)25-22-8-3-15-12-18(28-2)5-7-20(15)24-22/h3-8,11-12,21H,9-10,13H2,1-2H3,(H,24,25). The minimum atomic E-state index is -0.291. The van der Waals surface area contributed by atoms with E-state index in [1.807, 2.05) is 30.3 Å². The Morgan fingerprint density at radius 2 is 2.07 bits per heavy atom. The van der Waals surface area contributed by atoms with Gasteiger partial charge in [0, 0.05) is 25.4 Å². The van der Waals surface area contributed by atoms with Crippen molar-refractivity contribution in [3.63, 3.8) is 0 Å². The first-order valence-corrected chi connectivity index (χ1v) is 9.28. The molecule has 1 unspecified atom stereocenters. The van der Waals surface area contributed by atoms with Gasteiger partial charge in [0.15, 0.2) is 0 Å². The number of hydrogen-bond acceptors (Lipinski definition) is 4. The van der Waals surface area contributed by atoms with E-state index in [2.05, 4.69) is 5.32 Å². The summed E-state index contributed by atoms with van der Waals surface area (Å²) in [4.78, 5) is 18.3. The summed E-state index contributed by atoms with van der Waals surface area (Å²) in [5, 5.41) is 4.47. The van der Waals surface area contributed by atoms with Crippen LogP contribution in [0.15, 0.2) is 48.5 Å². The Hall–Kier alpha value is -3.15. The molecule has 3 aromatic rings. The third-order valence-electron chi connectivity index (χ3n) is 5.19. The van der Waals surface area contributed by atoms with Gasteiger partial charge in [-0.1, -0.05) is 6.07 Å². The topological polar surface area (TPSA) is 54.5 Å². The van der Waals surface area contributed by atoms with Crippen LogP contribution in [0.5, 0.6) is 5.75 Å². The van der Waals surface area contributed by atoms with Crippen LogP contribution in [0.1, 0.15) is 30.5 Å². The molecule has 0 spiro atoms. The molecule has 144 valence electrons. The van der Waals surface area contributed by atoms with Gasteiger partial charge in [0.2, 0.25) is 5.91 Å². The lowest BCUT2D eigenvalue weighted by Crippen LogP contribution is -2.28. The highest BCUT2D eigenvalue weighted by Crippen LogP contribution is 2.31. The molecule has 0 saturated carbocycles. The number of carbonyl (C=O) groups is 1. The molecule has 0 aliphatic carbocycles. The van der Waals surface area contributed by atoms with E-state index in [4.69, 9.17) is 9.72 Å². The van der Waals surface area contributed by atoms with Crippen molar-refractivity contribution in [2.75, 3.05) is 19.0 Å². The Morgan fingerprint density at radius 3 is 2.86 bits per heavy atom. The van der Waals surface area contributed by atoms with E-state index in [9.17, 15) is 9.18 Å². The first-order valence-electron chi connectivity index (χ1n) is 9.28. The predicted octanol–water partition coefficient (Wildman–Crippen LogP) is 4.29. The number of rotatable bonds is 3. The minimum Gasteiger partial charge on any atom is -0.497 e. The Labute approximate surface area is 163 Å². The van der Waals surface area contributed by atoms with Crippen LogP contribution in [0, 0.1) is 5.82 Å². The third-order valence-corrected chi connectivity index (χ3v) is 5.19. The minimum absolute atomic E-state index is 0.00589. The predicted molar refractivity (Wildman–Crippen MR) is 107 cm³/mol. The quantitative estimate of drug-likeness (QED) is 0.738. The average molecular weight is 379 g/mol. The normalized spacial score (nSPS) is 16.4. The smallest absolute Gasteiger partial charge is 0.219 e. The number of ether oxygens (including phenoxy) is 1. The molecule has 0 saturated heterocycles. The number of hydrogen-bond donors (Lipinski definition) is 1. The van der Waals surface area contributed by atoms with Crippen molar-refractivity contribution in [2.45, 2.75) is 25.9 Å². The lowest BCUT2D eigenvalue weighted by Gasteiger charge is -2.20. The zero-order chi connectivity index (χ0) is 19.7. The van der Waals surface area contributed by atoms with Gasteiger partial charge in [0.05, 0.1) is 18.7 Å². The maximum atomic E-state index is 13.8. The van der Waals surface area contributed by atoms with Crippen molar-refractivity contribution >= 4 is 22.6 Å². The van der Waals surface area contributed by atoms with Gasteiger partial charge < -0.3 is 15.0 Å². The van der Waals surface area contributed by atoms with Crippen LogP contribution in [-0.4, -0.2) is 29.4 Å². The highest BCUT2D eigenvalue weighted by atomic mass is 19.1. The molecule has 1 N–H and O–H groups in total. The zero-order valence-electron chi connectivity index (χ0n) is 15.9. The van der Waals surface area contributed by atoms with Crippen molar-refractivity contribution in [1.29, 1.82) is 0 Å². The molecule has 28 heavy (non-hydrogen) atoms. The van der Waals surface area contributed by atoms with Crippen molar-refractivity contribution in [3.8, 4) is 5.75 Å². The second-order valence-corrected chi connectivity index (χ2v) is 7.02. The van der Waals surface area contributed by atoms with Crippen LogP contribution < -0.4 is 10.1 Å². The Kier molecular flexibility index (Phi) is 4.86. The van der Waals surface area contributed by atoms with Crippen molar-refractivity contribution in [3.05, 3.63) is 65.5 Å². The first kappa shape index (κ1) is 18.2. The number of carbonyl (C=O) groups excluding carboxylic acids is 1. The Balaban J connectivity index is 1.65. The van der Waals surface area contributed by atoms with E-state index in [-0.39, 0.29) is 17.8 Å². The molecule has 0 radical (unpaired) electrons. The van der Waals surface area contributed by atoms with Gasteiger partial charge in [0.25, 0.3) is 0 Å². The summed E-state index contributed by atoms with van der Waals surface area (Å²) in [6, 6.07) is 14.4. The van der Waals surface area contributed by atoms with Gasteiger partial charge >= 0.3 is 0 Å². The molecular formula is C22H22FN3O2. The fourth-order valence-corrected chi connectivity index (χ4v) is 3.68. The molecule has 2 aromatic carbocycles. The summed E-state index contributed by atoms with van der Waals surface area (Å²) in [7, 11) is 1.64. The van der Waals surface area contributed by atoms with E-state index in [1.165, 1.54) is 12.1 Å². The molecule has 2 heterocycles. The number of aromatic nitrogens is 1. The van der Waals surface area contributed by atoms with Gasteiger partial charge in [0.1, 0.15) is 17.4 Å². The van der Waals surface area contributed by atoms with Gasteiger partial charge in [-0.05, 0) is 60.0 Å². The van der Waals surface area contributed by atoms with Crippen LogP contribution in [0.25, 0.3) is 10.9 Å². The van der Waals surface area contributed by atoms with E-state index in [1.54, 1.807) is 25.0 Å². The maximum absolute atomic E-state index is 13.8. The Morgan fingerprint density at radius 1 is 1.21 bits per heavy atom. The largest absolute Gasteiger partial charge is 0.497 e. The molecule has 1 aliphatic heterocycles. The lowest BCUT2D eigenvalue weighted by molar-refractivity contribution is -0.129. The summed E-state index contributed by atoms with van der Waals surface area (Å²) in [6.45, 7) is 2.57. The number of halogens is 1. The molecule has 5 nitrogen and oxygen atoms in total. The first-order chi connectivity index (χ1) is 13.5. The number of pyridine rings is 1. The molecule has 1 atom stereocenters. The Bertz CT molecular complexity index is 1040. The SMILES string of the molecule is COc1ccc2nc(NC3CCN(C(C)=O)Cc4cc(F)ccc43)ccc2c1. The average Bonchev–Trinajstić information content (AvgIpc) is 2.87. The van der Waals surface area contributed by atoms with Crippen molar-refractivity contribution in [2.24, 2.45) is 0 Å². The summed E-state index contributed by atoms with van der Waals surface area (Å²) in [5.74, 6) is 1.24. The molecule has 1 aliphatic rings. The second-order valence-electron chi connectivity index (χ2n) is 7.02. The highest BCUT2D eigenvalue weighted by Gasteiger charge is 2.24. The number of nitrogens with zero attached hydrogens (tertiary/aromatic N) is 2. The number of anilines is 1. The number of methoxy groups -OCH3 is 1. The molecule has 1 amide bonds. The van der Waals surface area contributed by atoms with E-state index in [0.29, 0.717) is 13.1 Å². The van der Waals surface area contributed by atoms with Gasteiger partial charge in [-0.2, -0.15) is 0 Å². The van der Waals surface area contributed by atoms with Crippen LogP contribution in [0.2, 0.25) is 0 Å². The van der Waals surface area contributed by atoms with Crippen LogP contribution in [0.4, 0.5) is 10.2 Å². The fourth-order valence-electron chi connectivity index (χ4n) is 3.68. The highest BCUT2D eigenvalue weighted by molar-refractivity contribution is 5.81. The molecule has 0 fully saturated rings. The molecule has 1 aromatic heterocycles. The lowest BCUT2D eigenvalue weighted by atomic mass is 9.99. The number of amides is 1. The van der Waals surface area contributed by atoms with Crippen molar-refractivity contribution in [1.82, 2.24) is 9.88 Å². The van der Waals surface area contributed by atoms with Crippen LogP contribution in [0.3, 0.4) is 0 Å². The summed E-state index contributed by atoms with van der Waals surface area (Å²) in [5.41, 5.74) is 2.70. The van der Waals surface area contributed by atoms with E-state index < -0.39 is 0 Å². The second kappa shape index (κ2) is 7.46. The summed E-state index contributed by atoms with van der Waals surface area (Å²) >= 11 is 0. The van der Waals surface area contributed by atoms with Crippen LogP contribution >= 0.6 is 0 Å². The fraction of sp³-hybridized carbons (Fsp3) is 0.273. The van der Waals surface area contributed by atoms with E-state index >= 15 is 0 Å².